The van der Waals surface area contributed by atoms with Crippen LogP contribution in [0.2, 0.25) is 0 Å². The number of fused-ring (bicyclic) bond motifs is 5. The molecule has 0 amide bonds. The Kier molecular flexibility index (Phi) is 3.72. The molecule has 0 atom stereocenters. The number of hydrogen-bond acceptors (Lipinski definition) is 3. The number of aryl methyl sites for hydroxylation is 2. The molecular formula is C22H19NO3S. The number of benzene rings is 3. The van der Waals surface area contributed by atoms with Gasteiger partial charge in [-0.1, -0.05) is 42.5 Å². The van der Waals surface area contributed by atoms with Gasteiger partial charge in [-0.15, -0.1) is 0 Å². The lowest BCUT2D eigenvalue weighted by molar-refractivity contribution is 0.507. The molecule has 5 heteroatoms. The van der Waals surface area contributed by atoms with Crippen molar-refractivity contribution < 1.29 is 12.8 Å². The highest BCUT2D eigenvalue weighted by atomic mass is 32.2. The maximum Gasteiger partial charge on any atom is 0.261 e. The van der Waals surface area contributed by atoms with Crippen molar-refractivity contribution in [1.82, 2.24) is 0 Å². The smallest absolute Gasteiger partial charge is 0.261 e. The minimum Gasteiger partial charge on any atom is -0.460 e. The SMILES string of the molecule is O=S(=O)(Nc1cc2c3c(oc2c2ccccc12)CCCC3)c1ccccc1. The lowest BCUT2D eigenvalue weighted by Gasteiger charge is -2.12. The summed E-state index contributed by atoms with van der Waals surface area (Å²) in [6, 6.07) is 18.2. The maximum absolute atomic E-state index is 12.9. The van der Waals surface area contributed by atoms with Crippen LogP contribution in [0.25, 0.3) is 21.7 Å². The number of hydrogen-bond donors (Lipinski definition) is 1. The second-order valence-corrected chi connectivity index (χ2v) is 8.66. The van der Waals surface area contributed by atoms with Gasteiger partial charge in [0.05, 0.1) is 10.6 Å². The van der Waals surface area contributed by atoms with Crippen molar-refractivity contribution in [3.05, 3.63) is 72.0 Å². The second kappa shape index (κ2) is 6.13. The largest absolute Gasteiger partial charge is 0.460 e. The van der Waals surface area contributed by atoms with E-state index in [1.54, 1.807) is 30.3 Å². The lowest BCUT2D eigenvalue weighted by atomic mass is 9.94. The second-order valence-electron chi connectivity index (χ2n) is 6.98. The molecule has 0 saturated heterocycles. The number of anilines is 1. The van der Waals surface area contributed by atoms with Crippen molar-refractivity contribution in [1.29, 1.82) is 0 Å². The van der Waals surface area contributed by atoms with E-state index in [1.807, 2.05) is 30.3 Å². The van der Waals surface area contributed by atoms with Crippen LogP contribution >= 0.6 is 0 Å². The average Bonchev–Trinajstić information content (AvgIpc) is 3.08. The molecule has 136 valence electrons. The zero-order valence-corrected chi connectivity index (χ0v) is 15.6. The van der Waals surface area contributed by atoms with E-state index in [-0.39, 0.29) is 4.90 Å². The van der Waals surface area contributed by atoms with Crippen molar-refractivity contribution in [2.75, 3.05) is 4.72 Å². The van der Waals surface area contributed by atoms with Gasteiger partial charge in [0.25, 0.3) is 10.0 Å². The highest BCUT2D eigenvalue weighted by Crippen LogP contribution is 2.39. The number of nitrogens with one attached hydrogen (secondary N) is 1. The summed E-state index contributed by atoms with van der Waals surface area (Å²) in [4.78, 5) is 0.253. The van der Waals surface area contributed by atoms with Gasteiger partial charge in [-0.05, 0) is 37.5 Å². The number of furan rings is 1. The first-order valence-electron chi connectivity index (χ1n) is 9.17. The Bertz CT molecular complexity index is 1260. The van der Waals surface area contributed by atoms with Gasteiger partial charge < -0.3 is 4.42 Å². The molecular weight excluding hydrogens is 358 g/mol. The van der Waals surface area contributed by atoms with Crippen molar-refractivity contribution in [2.45, 2.75) is 30.6 Å². The van der Waals surface area contributed by atoms with Gasteiger partial charge >= 0.3 is 0 Å². The molecule has 27 heavy (non-hydrogen) atoms. The first-order chi connectivity index (χ1) is 13.1. The predicted octanol–water partition coefficient (Wildman–Crippen LogP) is 5.27. The first-order valence-corrected chi connectivity index (χ1v) is 10.7. The average molecular weight is 377 g/mol. The zero-order chi connectivity index (χ0) is 18.4. The summed E-state index contributed by atoms with van der Waals surface area (Å²) < 4.78 is 34.7. The molecule has 1 aromatic heterocycles. The Morgan fingerprint density at radius 2 is 1.52 bits per heavy atom. The quantitative estimate of drug-likeness (QED) is 0.529. The van der Waals surface area contributed by atoms with Crippen molar-refractivity contribution >= 4 is 37.5 Å². The molecule has 0 unspecified atom stereocenters. The van der Waals surface area contributed by atoms with Crippen molar-refractivity contribution in [3.8, 4) is 0 Å². The molecule has 4 aromatic rings. The minimum atomic E-state index is -3.66. The summed E-state index contributed by atoms with van der Waals surface area (Å²) in [5.41, 5.74) is 2.68. The van der Waals surface area contributed by atoms with Crippen LogP contribution in [0.3, 0.4) is 0 Å². The molecule has 5 rings (SSSR count). The van der Waals surface area contributed by atoms with E-state index in [1.165, 1.54) is 5.56 Å². The molecule has 4 nitrogen and oxygen atoms in total. The van der Waals surface area contributed by atoms with E-state index < -0.39 is 10.0 Å². The van der Waals surface area contributed by atoms with Crippen LogP contribution in [0.15, 0.2) is 70.0 Å². The van der Waals surface area contributed by atoms with E-state index in [0.29, 0.717) is 5.69 Å². The molecule has 0 bridgehead atoms. The van der Waals surface area contributed by atoms with Crippen LogP contribution in [0.4, 0.5) is 5.69 Å². The third kappa shape index (κ3) is 2.70. The Balaban J connectivity index is 1.74. The third-order valence-electron chi connectivity index (χ3n) is 5.26. The Morgan fingerprint density at radius 3 is 2.33 bits per heavy atom. The summed E-state index contributed by atoms with van der Waals surface area (Å²) in [6.07, 6.45) is 4.20. The van der Waals surface area contributed by atoms with Crippen LogP contribution in [0.5, 0.6) is 0 Å². The molecule has 1 aliphatic carbocycles. The van der Waals surface area contributed by atoms with E-state index in [2.05, 4.69) is 4.72 Å². The van der Waals surface area contributed by atoms with Gasteiger partial charge in [-0.2, -0.15) is 0 Å². The summed E-state index contributed by atoms with van der Waals surface area (Å²) in [5, 5.41) is 2.81. The lowest BCUT2D eigenvalue weighted by Crippen LogP contribution is -2.13. The maximum atomic E-state index is 12.9. The Labute approximate surface area is 157 Å². The number of rotatable bonds is 3. The monoisotopic (exact) mass is 377 g/mol. The fourth-order valence-electron chi connectivity index (χ4n) is 3.97. The van der Waals surface area contributed by atoms with Crippen LogP contribution in [0.1, 0.15) is 24.2 Å². The Hall–Kier alpha value is -2.79. The van der Waals surface area contributed by atoms with Crippen molar-refractivity contribution in [3.63, 3.8) is 0 Å². The summed E-state index contributed by atoms with van der Waals surface area (Å²) in [5.74, 6) is 1.05. The highest BCUT2D eigenvalue weighted by Gasteiger charge is 2.22. The van der Waals surface area contributed by atoms with Gasteiger partial charge in [0.15, 0.2) is 0 Å². The fourth-order valence-corrected chi connectivity index (χ4v) is 5.06. The molecule has 0 fully saturated rings. The van der Waals surface area contributed by atoms with E-state index in [4.69, 9.17) is 4.42 Å². The third-order valence-corrected chi connectivity index (χ3v) is 6.64. The zero-order valence-electron chi connectivity index (χ0n) is 14.7. The van der Waals surface area contributed by atoms with Crippen LogP contribution in [0, 0.1) is 0 Å². The summed E-state index contributed by atoms with van der Waals surface area (Å²) in [7, 11) is -3.66. The topological polar surface area (TPSA) is 59.3 Å². The van der Waals surface area contributed by atoms with Crippen LogP contribution < -0.4 is 4.72 Å². The molecule has 1 N–H and O–H groups in total. The summed E-state index contributed by atoms with van der Waals surface area (Å²) in [6.45, 7) is 0. The molecule has 0 saturated carbocycles. The van der Waals surface area contributed by atoms with Crippen LogP contribution in [-0.4, -0.2) is 8.42 Å². The Morgan fingerprint density at radius 1 is 0.815 bits per heavy atom. The van der Waals surface area contributed by atoms with Crippen molar-refractivity contribution in [2.24, 2.45) is 0 Å². The van der Waals surface area contributed by atoms with Gasteiger partial charge in [-0.3, -0.25) is 4.72 Å². The molecule has 0 aliphatic heterocycles. The highest BCUT2D eigenvalue weighted by molar-refractivity contribution is 7.92. The van der Waals surface area contributed by atoms with Gasteiger partial charge in [0.1, 0.15) is 11.3 Å². The first kappa shape index (κ1) is 16.4. The van der Waals surface area contributed by atoms with Gasteiger partial charge in [-0.25, -0.2) is 8.42 Å². The predicted molar refractivity (Wildman–Crippen MR) is 108 cm³/mol. The van der Waals surface area contributed by atoms with E-state index in [9.17, 15) is 8.42 Å². The fraction of sp³-hybridized carbons (Fsp3) is 0.182. The standard InChI is InChI=1S/C22H19NO3S/c24-27(25,15-8-2-1-3-9-15)23-20-14-19-17-11-6-7-13-21(17)26-22(19)18-12-5-4-10-16(18)20/h1-5,8-10,12,14,23H,6-7,11,13H2. The molecule has 3 aromatic carbocycles. The molecule has 0 spiro atoms. The normalized spacial score (nSPS) is 14.4. The molecule has 1 heterocycles. The van der Waals surface area contributed by atoms with Crippen LogP contribution in [-0.2, 0) is 22.9 Å². The summed E-state index contributed by atoms with van der Waals surface area (Å²) >= 11 is 0. The van der Waals surface area contributed by atoms with E-state index in [0.717, 1.165) is 53.2 Å². The molecule has 0 radical (unpaired) electrons. The number of sulfonamides is 1. The molecule has 1 aliphatic rings. The van der Waals surface area contributed by atoms with E-state index >= 15 is 0 Å². The van der Waals surface area contributed by atoms with Gasteiger partial charge in [0, 0.05) is 28.1 Å². The van der Waals surface area contributed by atoms with Gasteiger partial charge in [0.2, 0.25) is 0 Å². The minimum absolute atomic E-state index is 0.253.